The molecule has 1 amide bonds. The maximum atomic E-state index is 13.8. The Morgan fingerprint density at radius 3 is 2.59 bits per heavy atom. The Labute approximate surface area is 189 Å². The fraction of sp³-hybridized carbons (Fsp3) is 0.348. The van der Waals surface area contributed by atoms with Crippen LogP contribution < -0.4 is 4.74 Å². The van der Waals surface area contributed by atoms with Gasteiger partial charge >= 0.3 is 0 Å². The summed E-state index contributed by atoms with van der Waals surface area (Å²) >= 11 is 1.38. The predicted octanol–water partition coefficient (Wildman–Crippen LogP) is 4.08. The number of amides is 1. The molecule has 0 bridgehead atoms. The van der Waals surface area contributed by atoms with Crippen molar-refractivity contribution in [1.82, 2.24) is 19.7 Å². The zero-order valence-corrected chi connectivity index (χ0v) is 18.5. The molecule has 1 saturated heterocycles. The molecule has 4 rings (SSSR count). The summed E-state index contributed by atoms with van der Waals surface area (Å²) in [5, 5.41) is 9.10. The fourth-order valence-electron chi connectivity index (χ4n) is 3.61. The van der Waals surface area contributed by atoms with E-state index in [1.54, 1.807) is 4.90 Å². The van der Waals surface area contributed by atoms with Crippen LogP contribution in [0.15, 0.2) is 53.7 Å². The number of piperidine rings is 1. The second kappa shape index (κ2) is 10.1. The number of halogens is 2. The van der Waals surface area contributed by atoms with Crippen LogP contribution in [0.1, 0.15) is 24.2 Å². The van der Waals surface area contributed by atoms with Crippen LogP contribution in [0.5, 0.6) is 5.75 Å². The van der Waals surface area contributed by atoms with Gasteiger partial charge in [0.1, 0.15) is 17.7 Å². The Bertz CT molecular complexity index is 1070. The van der Waals surface area contributed by atoms with E-state index in [1.807, 2.05) is 41.8 Å². The van der Waals surface area contributed by atoms with Crippen LogP contribution in [0.25, 0.3) is 0 Å². The average molecular weight is 459 g/mol. The zero-order chi connectivity index (χ0) is 22.5. The Balaban J connectivity index is 1.28. The van der Waals surface area contributed by atoms with Crippen molar-refractivity contribution in [1.29, 1.82) is 0 Å². The quantitative estimate of drug-likeness (QED) is 0.500. The molecule has 0 aliphatic carbocycles. The number of thioether (sulfide) groups is 1. The molecule has 0 atom stereocenters. The van der Waals surface area contributed by atoms with Crippen molar-refractivity contribution < 1.29 is 18.3 Å². The van der Waals surface area contributed by atoms with Crippen molar-refractivity contribution in [2.24, 2.45) is 0 Å². The highest BCUT2D eigenvalue weighted by Gasteiger charge is 2.25. The molecule has 1 fully saturated rings. The molecular formula is C23H24F2N4O2S. The summed E-state index contributed by atoms with van der Waals surface area (Å²) in [4.78, 5) is 14.5. The Hall–Kier alpha value is -2.94. The monoisotopic (exact) mass is 458 g/mol. The lowest BCUT2D eigenvalue weighted by molar-refractivity contribution is -0.130. The average Bonchev–Trinajstić information content (AvgIpc) is 3.14. The maximum absolute atomic E-state index is 13.8. The largest absolute Gasteiger partial charge is 0.487 e. The number of hydrogen-bond acceptors (Lipinski definition) is 5. The smallest absolute Gasteiger partial charge is 0.233 e. The van der Waals surface area contributed by atoms with Gasteiger partial charge < -0.3 is 14.2 Å². The predicted molar refractivity (Wildman–Crippen MR) is 118 cm³/mol. The molecule has 0 spiro atoms. The SMILES string of the molecule is Cc1nnc(SCC(=O)N2CCC(Oc3ccc(F)cc3F)CC2)n1Cc1ccccc1. The van der Waals surface area contributed by atoms with Crippen molar-refractivity contribution in [3.8, 4) is 5.75 Å². The molecule has 0 N–H and O–H groups in total. The van der Waals surface area contributed by atoms with Gasteiger partial charge in [0.15, 0.2) is 16.7 Å². The topological polar surface area (TPSA) is 60.3 Å². The van der Waals surface area contributed by atoms with E-state index in [4.69, 9.17) is 4.74 Å². The number of likely N-dealkylation sites (tertiary alicyclic amines) is 1. The van der Waals surface area contributed by atoms with E-state index in [1.165, 1.54) is 23.9 Å². The number of benzene rings is 2. The van der Waals surface area contributed by atoms with Crippen molar-refractivity contribution >= 4 is 17.7 Å². The van der Waals surface area contributed by atoms with E-state index in [2.05, 4.69) is 10.2 Å². The molecule has 1 aromatic heterocycles. The van der Waals surface area contributed by atoms with Crippen molar-refractivity contribution in [3.05, 3.63) is 71.6 Å². The van der Waals surface area contributed by atoms with Crippen LogP contribution >= 0.6 is 11.8 Å². The van der Waals surface area contributed by atoms with Gasteiger partial charge in [0.25, 0.3) is 0 Å². The van der Waals surface area contributed by atoms with E-state index < -0.39 is 11.6 Å². The first-order chi connectivity index (χ1) is 15.5. The van der Waals surface area contributed by atoms with Crippen LogP contribution in [0.4, 0.5) is 8.78 Å². The summed E-state index contributed by atoms with van der Waals surface area (Å²) in [6, 6.07) is 13.3. The lowest BCUT2D eigenvalue weighted by Crippen LogP contribution is -2.42. The van der Waals surface area contributed by atoms with Crippen molar-refractivity contribution in [2.45, 2.75) is 37.6 Å². The molecule has 0 radical (unpaired) electrons. The third-order valence-electron chi connectivity index (χ3n) is 5.39. The van der Waals surface area contributed by atoms with E-state index in [0.717, 1.165) is 17.5 Å². The molecule has 168 valence electrons. The van der Waals surface area contributed by atoms with Crippen LogP contribution in [0.3, 0.4) is 0 Å². The number of rotatable bonds is 7. The summed E-state index contributed by atoms with van der Waals surface area (Å²) in [5.41, 5.74) is 1.14. The number of carbonyl (C=O) groups excluding carboxylic acids is 1. The van der Waals surface area contributed by atoms with E-state index in [-0.39, 0.29) is 23.5 Å². The highest BCUT2D eigenvalue weighted by atomic mass is 32.2. The summed E-state index contributed by atoms with van der Waals surface area (Å²) < 4.78 is 34.5. The molecule has 3 aromatic rings. The molecule has 32 heavy (non-hydrogen) atoms. The standard InChI is InChI=1S/C23H24F2N4O2S/c1-16-26-27-23(29(16)14-17-5-3-2-4-6-17)32-15-22(30)28-11-9-19(10-12-28)31-21-8-7-18(24)13-20(21)25/h2-8,13,19H,9-12,14-15H2,1H3. The lowest BCUT2D eigenvalue weighted by Gasteiger charge is -2.32. The molecule has 1 aliphatic heterocycles. The van der Waals surface area contributed by atoms with Crippen LogP contribution in [-0.2, 0) is 11.3 Å². The Kier molecular flexibility index (Phi) is 7.04. The van der Waals surface area contributed by atoms with Crippen LogP contribution in [-0.4, -0.2) is 50.5 Å². The first kappa shape index (κ1) is 22.3. The highest BCUT2D eigenvalue weighted by Crippen LogP contribution is 2.24. The molecular weight excluding hydrogens is 434 g/mol. The van der Waals surface area contributed by atoms with Gasteiger partial charge in [0.2, 0.25) is 5.91 Å². The molecule has 6 nitrogen and oxygen atoms in total. The highest BCUT2D eigenvalue weighted by molar-refractivity contribution is 7.99. The summed E-state index contributed by atoms with van der Waals surface area (Å²) in [6.07, 6.45) is 0.982. The van der Waals surface area contributed by atoms with Gasteiger partial charge in [-0.1, -0.05) is 42.1 Å². The van der Waals surface area contributed by atoms with Gasteiger partial charge in [-0.15, -0.1) is 10.2 Å². The second-order valence-corrected chi connectivity index (χ2v) is 8.61. The Morgan fingerprint density at radius 1 is 1.12 bits per heavy atom. The number of ether oxygens (including phenoxy) is 1. The molecule has 2 aromatic carbocycles. The number of nitrogens with zero attached hydrogens (tertiary/aromatic N) is 4. The van der Waals surface area contributed by atoms with Crippen molar-refractivity contribution in [3.63, 3.8) is 0 Å². The van der Waals surface area contributed by atoms with Crippen LogP contribution in [0.2, 0.25) is 0 Å². The number of aromatic nitrogens is 3. The maximum Gasteiger partial charge on any atom is 0.233 e. The van der Waals surface area contributed by atoms with Gasteiger partial charge in [-0.25, -0.2) is 8.78 Å². The number of carbonyl (C=O) groups is 1. The summed E-state index contributed by atoms with van der Waals surface area (Å²) in [6.45, 7) is 3.61. The van der Waals surface area contributed by atoms with Gasteiger partial charge in [-0.2, -0.15) is 0 Å². The molecule has 1 aliphatic rings. The van der Waals surface area contributed by atoms with E-state index in [9.17, 15) is 13.6 Å². The van der Waals surface area contributed by atoms with Gasteiger partial charge in [0, 0.05) is 32.0 Å². The first-order valence-electron chi connectivity index (χ1n) is 10.5. The minimum atomic E-state index is -0.713. The second-order valence-electron chi connectivity index (χ2n) is 7.66. The summed E-state index contributed by atoms with van der Waals surface area (Å²) in [5.74, 6) is -0.217. The Morgan fingerprint density at radius 2 is 1.88 bits per heavy atom. The molecule has 0 saturated carbocycles. The molecule has 9 heteroatoms. The van der Waals surface area contributed by atoms with Crippen LogP contribution in [0, 0.1) is 18.6 Å². The van der Waals surface area contributed by atoms with Gasteiger partial charge in [-0.05, 0) is 24.6 Å². The van der Waals surface area contributed by atoms with Gasteiger partial charge in [0.05, 0.1) is 12.3 Å². The molecule has 0 unspecified atom stereocenters. The third kappa shape index (κ3) is 5.45. The fourth-order valence-corrected chi connectivity index (χ4v) is 4.49. The zero-order valence-electron chi connectivity index (χ0n) is 17.7. The minimum absolute atomic E-state index is 0.0216. The normalized spacial score (nSPS) is 14.5. The lowest BCUT2D eigenvalue weighted by atomic mass is 10.1. The van der Waals surface area contributed by atoms with E-state index >= 15 is 0 Å². The third-order valence-corrected chi connectivity index (χ3v) is 6.34. The summed E-state index contributed by atoms with van der Waals surface area (Å²) in [7, 11) is 0. The first-order valence-corrected chi connectivity index (χ1v) is 11.4. The number of hydrogen-bond donors (Lipinski definition) is 0. The number of aryl methyl sites for hydroxylation is 1. The molecule has 2 heterocycles. The van der Waals surface area contributed by atoms with Crippen molar-refractivity contribution in [2.75, 3.05) is 18.8 Å². The van der Waals surface area contributed by atoms with E-state index in [0.29, 0.717) is 37.6 Å². The minimum Gasteiger partial charge on any atom is -0.487 e. The van der Waals surface area contributed by atoms with Gasteiger partial charge in [-0.3, -0.25) is 4.79 Å².